The normalized spacial score (nSPS) is 10.9. The molecule has 1 rings (SSSR count). The minimum atomic E-state index is 0.144. The minimum absolute atomic E-state index is 0.144. The first kappa shape index (κ1) is 11.0. The van der Waals surface area contributed by atoms with Crippen molar-refractivity contribution in [2.75, 3.05) is 7.05 Å². The number of benzene rings is 1. The third-order valence-corrected chi connectivity index (χ3v) is 1.76. The molecule has 1 aromatic rings. The molecule has 0 saturated heterocycles. The molecular formula is C9H13N5O. The summed E-state index contributed by atoms with van der Waals surface area (Å²) in [5.74, 6) is 0.144. The van der Waals surface area contributed by atoms with Crippen molar-refractivity contribution in [3.8, 4) is 0 Å². The number of nitrogens with zero attached hydrogens (tertiary/aromatic N) is 3. The van der Waals surface area contributed by atoms with Gasteiger partial charge in [0.15, 0.2) is 0 Å². The zero-order valence-electron chi connectivity index (χ0n) is 8.42. The van der Waals surface area contributed by atoms with Crippen molar-refractivity contribution in [2.45, 2.75) is 6.54 Å². The maximum atomic E-state index is 10.5. The second-order valence-corrected chi connectivity index (χ2v) is 2.85. The second kappa shape index (κ2) is 5.58. The molecule has 0 saturated carbocycles. The molecule has 0 bridgehead atoms. The average molecular weight is 207 g/mol. The summed E-state index contributed by atoms with van der Waals surface area (Å²) in [6, 6.07) is 9.45. The van der Waals surface area contributed by atoms with Gasteiger partial charge in [-0.2, -0.15) is 5.12 Å². The fourth-order valence-corrected chi connectivity index (χ4v) is 1.03. The lowest BCUT2D eigenvalue weighted by Crippen LogP contribution is -2.42. The van der Waals surface area contributed by atoms with Crippen LogP contribution in [0.5, 0.6) is 0 Å². The second-order valence-electron chi connectivity index (χ2n) is 2.85. The number of guanidine groups is 1. The smallest absolute Gasteiger partial charge is 0.208 e. The predicted octanol–water partition coefficient (Wildman–Crippen LogP) is 0.619. The Bertz CT molecular complexity index is 338. The summed E-state index contributed by atoms with van der Waals surface area (Å²) < 4.78 is 0. The van der Waals surface area contributed by atoms with Gasteiger partial charge in [0.25, 0.3) is 0 Å². The molecule has 0 fully saturated rings. The van der Waals surface area contributed by atoms with E-state index in [1.54, 1.807) is 0 Å². The third-order valence-electron chi connectivity index (χ3n) is 1.76. The number of hydrogen-bond donors (Lipinski definition) is 2. The predicted molar refractivity (Wildman–Crippen MR) is 58.5 cm³/mol. The Balaban J connectivity index is 2.58. The number of hydrogen-bond acceptors (Lipinski definition) is 3. The minimum Gasteiger partial charge on any atom is -0.369 e. The molecule has 0 aromatic heterocycles. The summed E-state index contributed by atoms with van der Waals surface area (Å²) in [5, 5.41) is 3.86. The van der Waals surface area contributed by atoms with Crippen molar-refractivity contribution in [3.05, 3.63) is 40.8 Å². The third kappa shape index (κ3) is 3.63. The number of hydrazine groups is 1. The summed E-state index contributed by atoms with van der Waals surface area (Å²) in [4.78, 5) is 14.1. The van der Waals surface area contributed by atoms with Crippen LogP contribution >= 0.6 is 0 Å². The first-order chi connectivity index (χ1) is 7.26. The number of nitrogens with two attached hydrogens (primary N) is 1. The highest BCUT2D eigenvalue weighted by Crippen LogP contribution is 2.01. The monoisotopic (exact) mass is 207 g/mol. The molecule has 0 heterocycles. The van der Waals surface area contributed by atoms with Crippen molar-refractivity contribution >= 4 is 5.96 Å². The maximum absolute atomic E-state index is 10.5. The van der Waals surface area contributed by atoms with Gasteiger partial charge in [-0.25, -0.2) is 5.43 Å². The van der Waals surface area contributed by atoms with E-state index in [1.807, 2.05) is 30.3 Å². The Kier molecular flexibility index (Phi) is 4.08. The van der Waals surface area contributed by atoms with Crippen LogP contribution in [0.4, 0.5) is 0 Å². The van der Waals surface area contributed by atoms with Crippen LogP contribution in [-0.2, 0) is 6.54 Å². The van der Waals surface area contributed by atoms with Gasteiger partial charge in [0.1, 0.15) is 0 Å². The van der Waals surface area contributed by atoms with Crippen LogP contribution in [0.3, 0.4) is 0 Å². The van der Waals surface area contributed by atoms with Gasteiger partial charge in [-0.05, 0) is 5.56 Å². The molecule has 1 aromatic carbocycles. The Labute approximate surface area is 87.7 Å². The molecule has 6 nitrogen and oxygen atoms in total. The van der Waals surface area contributed by atoms with Crippen LogP contribution in [0.1, 0.15) is 5.56 Å². The number of rotatable bonds is 4. The molecule has 3 N–H and O–H groups in total. The van der Waals surface area contributed by atoms with Gasteiger partial charge in [-0.3, -0.25) is 4.99 Å². The molecular weight excluding hydrogens is 194 g/mol. The molecule has 0 amide bonds. The van der Waals surface area contributed by atoms with E-state index < -0.39 is 0 Å². The lowest BCUT2D eigenvalue weighted by molar-refractivity contribution is 0.232. The summed E-state index contributed by atoms with van der Waals surface area (Å²) >= 11 is 0. The van der Waals surface area contributed by atoms with Crippen LogP contribution in [0, 0.1) is 4.91 Å². The molecule has 15 heavy (non-hydrogen) atoms. The Morgan fingerprint density at radius 3 is 2.67 bits per heavy atom. The first-order valence-electron chi connectivity index (χ1n) is 4.40. The quantitative estimate of drug-likeness (QED) is 0.328. The summed E-state index contributed by atoms with van der Waals surface area (Å²) in [6.07, 6.45) is 0. The maximum Gasteiger partial charge on any atom is 0.208 e. The van der Waals surface area contributed by atoms with Crippen LogP contribution in [-0.4, -0.2) is 18.1 Å². The zero-order chi connectivity index (χ0) is 11.1. The van der Waals surface area contributed by atoms with Crippen LogP contribution in [0.2, 0.25) is 0 Å². The van der Waals surface area contributed by atoms with Crippen LogP contribution in [0.15, 0.2) is 40.6 Å². The van der Waals surface area contributed by atoms with Gasteiger partial charge in [-0.15, -0.1) is 4.91 Å². The summed E-state index contributed by atoms with van der Waals surface area (Å²) in [6.45, 7) is 0.334. The topological polar surface area (TPSA) is 83.1 Å². The van der Waals surface area contributed by atoms with E-state index in [1.165, 1.54) is 7.05 Å². The van der Waals surface area contributed by atoms with E-state index in [0.29, 0.717) is 6.54 Å². The Morgan fingerprint density at radius 1 is 1.47 bits per heavy atom. The van der Waals surface area contributed by atoms with E-state index in [0.717, 1.165) is 10.7 Å². The average Bonchev–Trinajstić information content (AvgIpc) is 2.29. The summed E-state index contributed by atoms with van der Waals surface area (Å²) in [5.41, 5.74) is 8.90. The molecule has 0 spiro atoms. The van der Waals surface area contributed by atoms with Crippen molar-refractivity contribution in [2.24, 2.45) is 16.0 Å². The van der Waals surface area contributed by atoms with Crippen molar-refractivity contribution in [1.29, 1.82) is 0 Å². The number of nitrogens with one attached hydrogen (secondary N) is 1. The van der Waals surface area contributed by atoms with Crippen LogP contribution in [0.25, 0.3) is 0 Å². The Morgan fingerprint density at radius 2 is 2.13 bits per heavy atom. The fraction of sp³-hybridized carbons (Fsp3) is 0.222. The van der Waals surface area contributed by atoms with Crippen molar-refractivity contribution < 1.29 is 0 Å². The van der Waals surface area contributed by atoms with Gasteiger partial charge in [-0.1, -0.05) is 30.3 Å². The summed E-state index contributed by atoms with van der Waals surface area (Å²) in [7, 11) is 1.52. The van der Waals surface area contributed by atoms with Gasteiger partial charge in [0.2, 0.25) is 5.96 Å². The zero-order valence-corrected chi connectivity index (χ0v) is 8.42. The van der Waals surface area contributed by atoms with Gasteiger partial charge in [0, 0.05) is 7.05 Å². The van der Waals surface area contributed by atoms with E-state index in [4.69, 9.17) is 5.73 Å². The molecule has 0 aliphatic rings. The first-order valence-corrected chi connectivity index (χ1v) is 4.40. The highest BCUT2D eigenvalue weighted by atomic mass is 16.3. The van der Waals surface area contributed by atoms with Crippen molar-refractivity contribution in [3.63, 3.8) is 0 Å². The van der Waals surface area contributed by atoms with E-state index in [9.17, 15) is 4.91 Å². The van der Waals surface area contributed by atoms with Crippen molar-refractivity contribution in [1.82, 2.24) is 10.5 Å². The van der Waals surface area contributed by atoms with Gasteiger partial charge in [0.05, 0.1) is 11.8 Å². The lowest BCUT2D eigenvalue weighted by Gasteiger charge is -2.16. The highest BCUT2D eigenvalue weighted by Gasteiger charge is 2.03. The number of nitroso groups, excluding NO2 is 1. The number of aliphatic imine (C=N–C) groups is 1. The molecule has 80 valence electrons. The fourth-order valence-electron chi connectivity index (χ4n) is 1.03. The molecule has 0 atom stereocenters. The standard InChI is InChI=1S/C9H13N5O/c1-11-9(10)12-14(13-15)7-8-5-3-2-4-6-8/h2-6H,7H2,1H3,(H3,10,11,12). The van der Waals surface area contributed by atoms with Crippen LogP contribution < -0.4 is 11.2 Å². The molecule has 0 aliphatic heterocycles. The van der Waals surface area contributed by atoms with Gasteiger partial charge >= 0.3 is 0 Å². The Hall–Kier alpha value is -2.11. The highest BCUT2D eigenvalue weighted by molar-refractivity contribution is 5.77. The largest absolute Gasteiger partial charge is 0.369 e. The molecule has 6 heteroatoms. The lowest BCUT2D eigenvalue weighted by atomic mass is 10.2. The SMILES string of the molecule is CN=C(N)NN(Cc1ccccc1)N=O. The van der Waals surface area contributed by atoms with Gasteiger partial charge < -0.3 is 5.73 Å². The molecule has 0 radical (unpaired) electrons. The van der Waals surface area contributed by atoms with E-state index >= 15 is 0 Å². The van der Waals surface area contributed by atoms with E-state index in [-0.39, 0.29) is 5.96 Å². The molecule has 0 unspecified atom stereocenters. The molecule has 0 aliphatic carbocycles. The van der Waals surface area contributed by atoms with E-state index in [2.05, 4.69) is 15.7 Å².